The molecule has 0 bridgehead atoms. The van der Waals surface area contributed by atoms with Gasteiger partial charge in [0.15, 0.2) is 11.0 Å². The highest BCUT2D eigenvalue weighted by molar-refractivity contribution is 5.70. The topological polar surface area (TPSA) is 49.1 Å². The molecule has 0 spiro atoms. The fourth-order valence-electron chi connectivity index (χ4n) is 2.06. The van der Waals surface area contributed by atoms with Gasteiger partial charge in [-0.1, -0.05) is 12.1 Å². The molecule has 4 heteroatoms. The Morgan fingerprint density at radius 2 is 2.27 bits per heavy atom. The highest BCUT2D eigenvalue weighted by Gasteiger charge is 2.24. The van der Waals surface area contributed by atoms with Crippen LogP contribution in [0.25, 0.3) is 11.0 Å². The van der Waals surface area contributed by atoms with Gasteiger partial charge in [-0.25, -0.2) is 9.55 Å². The van der Waals surface area contributed by atoms with Crippen LogP contribution < -0.4 is 4.57 Å². The molecule has 0 amide bonds. The molecule has 1 aromatic carbocycles. The summed E-state index contributed by atoms with van der Waals surface area (Å²) in [4.78, 5) is 3.30. The lowest BCUT2D eigenvalue weighted by atomic mass is 10.3. The summed E-state index contributed by atoms with van der Waals surface area (Å²) in [6.07, 6.45) is -0.421. The number of aromatic amines is 1. The molecule has 3 rings (SSSR count). The second-order valence-electron chi connectivity index (χ2n) is 3.87. The highest BCUT2D eigenvalue weighted by Crippen LogP contribution is 2.11. The van der Waals surface area contributed by atoms with Gasteiger partial charge >= 0.3 is 0 Å². The molecule has 78 valence electrons. The van der Waals surface area contributed by atoms with Crippen molar-refractivity contribution in [3.8, 4) is 0 Å². The number of H-pyrrole nitrogens is 1. The Morgan fingerprint density at radius 1 is 1.40 bits per heavy atom. The fourth-order valence-corrected chi connectivity index (χ4v) is 2.06. The van der Waals surface area contributed by atoms with E-state index in [1.807, 2.05) is 24.3 Å². The number of para-hydroxylation sites is 2. The number of benzene rings is 1. The van der Waals surface area contributed by atoms with E-state index in [1.54, 1.807) is 0 Å². The van der Waals surface area contributed by atoms with Gasteiger partial charge in [-0.2, -0.15) is 0 Å². The van der Waals surface area contributed by atoms with Crippen molar-refractivity contribution < 1.29 is 14.4 Å². The summed E-state index contributed by atoms with van der Waals surface area (Å²) in [5.74, 6) is 1.02. The Hall–Kier alpha value is -1.39. The van der Waals surface area contributed by atoms with Gasteiger partial charge in [-0.3, -0.25) is 0 Å². The molecular formula is C11H13N2O2+. The molecule has 1 aliphatic heterocycles. The lowest BCUT2D eigenvalue weighted by Crippen LogP contribution is -2.41. The zero-order chi connectivity index (χ0) is 10.3. The van der Waals surface area contributed by atoms with E-state index in [2.05, 4.69) is 9.55 Å². The van der Waals surface area contributed by atoms with Crippen LogP contribution in [0, 0.1) is 0 Å². The molecule has 2 heterocycles. The summed E-state index contributed by atoms with van der Waals surface area (Å²) in [7, 11) is 0. The predicted octanol–water partition coefficient (Wildman–Crippen LogP) is 0.347. The van der Waals surface area contributed by atoms with Gasteiger partial charge < -0.3 is 9.84 Å². The van der Waals surface area contributed by atoms with Crippen molar-refractivity contribution in [1.82, 2.24) is 4.98 Å². The molecular weight excluding hydrogens is 192 g/mol. The molecule has 1 atom stereocenters. The normalized spacial score (nSPS) is 21.3. The van der Waals surface area contributed by atoms with Crippen molar-refractivity contribution in [2.75, 3.05) is 6.61 Å². The van der Waals surface area contributed by atoms with Crippen molar-refractivity contribution in [2.24, 2.45) is 0 Å². The van der Waals surface area contributed by atoms with Crippen molar-refractivity contribution in [3.63, 3.8) is 0 Å². The molecule has 1 unspecified atom stereocenters. The third-order valence-electron chi connectivity index (χ3n) is 2.74. The number of fused-ring (bicyclic) bond motifs is 3. The first-order valence-corrected chi connectivity index (χ1v) is 5.10. The first-order valence-electron chi connectivity index (χ1n) is 5.10. The number of nitrogens with one attached hydrogen (secondary N) is 1. The SMILES string of the molecule is OC1COCc2[nH]c3ccccc3[n+]2C1. The van der Waals surface area contributed by atoms with Crippen LogP contribution in [0.15, 0.2) is 24.3 Å². The third-order valence-corrected chi connectivity index (χ3v) is 2.74. The van der Waals surface area contributed by atoms with Crippen LogP contribution in [-0.2, 0) is 17.9 Å². The van der Waals surface area contributed by atoms with Crippen molar-refractivity contribution in [1.29, 1.82) is 0 Å². The summed E-state index contributed by atoms with van der Waals surface area (Å²) in [5.41, 5.74) is 2.21. The number of aliphatic hydroxyl groups excluding tert-OH is 1. The lowest BCUT2D eigenvalue weighted by molar-refractivity contribution is -0.683. The number of hydrogen-bond acceptors (Lipinski definition) is 2. The number of rotatable bonds is 0. The van der Waals surface area contributed by atoms with Crippen LogP contribution in [0.1, 0.15) is 5.82 Å². The number of aliphatic hydroxyl groups is 1. The van der Waals surface area contributed by atoms with E-state index >= 15 is 0 Å². The average Bonchev–Trinajstić information content (AvgIpc) is 2.47. The molecule has 4 nitrogen and oxygen atoms in total. The molecule has 2 aromatic rings. The van der Waals surface area contributed by atoms with Crippen LogP contribution >= 0.6 is 0 Å². The minimum atomic E-state index is -0.421. The van der Waals surface area contributed by atoms with Gasteiger partial charge in [-0.15, -0.1) is 0 Å². The van der Waals surface area contributed by atoms with E-state index in [0.717, 1.165) is 16.9 Å². The first-order chi connectivity index (χ1) is 7.34. The van der Waals surface area contributed by atoms with E-state index in [0.29, 0.717) is 19.8 Å². The molecule has 0 saturated heterocycles. The van der Waals surface area contributed by atoms with Crippen molar-refractivity contribution in [3.05, 3.63) is 30.1 Å². The Morgan fingerprint density at radius 3 is 3.20 bits per heavy atom. The van der Waals surface area contributed by atoms with Crippen LogP contribution in [0.5, 0.6) is 0 Å². The first kappa shape index (κ1) is 8.88. The number of aromatic nitrogens is 2. The van der Waals surface area contributed by atoms with Crippen LogP contribution in [0.2, 0.25) is 0 Å². The minimum Gasteiger partial charge on any atom is -0.387 e. The van der Waals surface area contributed by atoms with E-state index in [9.17, 15) is 5.11 Å². The molecule has 15 heavy (non-hydrogen) atoms. The van der Waals surface area contributed by atoms with Crippen LogP contribution in [-0.4, -0.2) is 22.8 Å². The van der Waals surface area contributed by atoms with E-state index in [-0.39, 0.29) is 0 Å². The highest BCUT2D eigenvalue weighted by atomic mass is 16.5. The number of ether oxygens (including phenoxy) is 1. The van der Waals surface area contributed by atoms with Gasteiger partial charge in [0, 0.05) is 0 Å². The summed E-state index contributed by atoms with van der Waals surface area (Å²) in [6, 6.07) is 8.08. The van der Waals surface area contributed by atoms with Crippen LogP contribution in [0.3, 0.4) is 0 Å². The zero-order valence-electron chi connectivity index (χ0n) is 8.31. The largest absolute Gasteiger partial charge is 0.387 e. The smallest absolute Gasteiger partial charge is 0.281 e. The van der Waals surface area contributed by atoms with E-state index < -0.39 is 6.10 Å². The van der Waals surface area contributed by atoms with Gasteiger partial charge in [0.25, 0.3) is 5.82 Å². The van der Waals surface area contributed by atoms with Gasteiger partial charge in [0.2, 0.25) is 0 Å². The van der Waals surface area contributed by atoms with Crippen molar-refractivity contribution in [2.45, 2.75) is 19.3 Å². The maximum absolute atomic E-state index is 9.65. The maximum Gasteiger partial charge on any atom is 0.281 e. The van der Waals surface area contributed by atoms with Crippen LogP contribution in [0.4, 0.5) is 0 Å². The zero-order valence-corrected chi connectivity index (χ0v) is 8.31. The Balaban J connectivity index is 2.20. The molecule has 0 fully saturated rings. The fraction of sp³-hybridized carbons (Fsp3) is 0.364. The molecule has 0 saturated carbocycles. The Bertz CT molecular complexity index is 492. The summed E-state index contributed by atoms with van der Waals surface area (Å²) < 4.78 is 7.45. The average molecular weight is 205 g/mol. The third kappa shape index (κ3) is 1.42. The monoisotopic (exact) mass is 205 g/mol. The number of nitrogens with zero attached hydrogens (tertiary/aromatic N) is 1. The molecule has 0 aliphatic carbocycles. The Kier molecular flexibility index (Phi) is 1.97. The number of imidazole rings is 1. The summed E-state index contributed by atoms with van der Waals surface area (Å²) >= 11 is 0. The maximum atomic E-state index is 9.65. The van der Waals surface area contributed by atoms with E-state index in [1.165, 1.54) is 0 Å². The standard InChI is InChI=1S/C11H12N2O2/c14-8-5-13-10-4-2-1-3-9(10)12-11(13)7-15-6-8/h1-4,8,14H,5-7H2/p+1. The quantitative estimate of drug-likeness (QED) is 0.610. The predicted molar refractivity (Wildman–Crippen MR) is 54.2 cm³/mol. The summed E-state index contributed by atoms with van der Waals surface area (Å²) in [6.45, 7) is 1.54. The molecule has 1 aliphatic rings. The summed E-state index contributed by atoms with van der Waals surface area (Å²) in [5, 5.41) is 9.65. The second-order valence-corrected chi connectivity index (χ2v) is 3.87. The number of hydrogen-bond donors (Lipinski definition) is 2. The Labute approximate surface area is 87.1 Å². The minimum absolute atomic E-state index is 0.407. The molecule has 1 aromatic heterocycles. The second kappa shape index (κ2) is 3.32. The van der Waals surface area contributed by atoms with Gasteiger partial charge in [0.05, 0.1) is 6.61 Å². The lowest BCUT2D eigenvalue weighted by Gasteiger charge is -2.03. The van der Waals surface area contributed by atoms with Crippen molar-refractivity contribution >= 4 is 11.0 Å². The molecule has 2 N–H and O–H groups in total. The molecule has 0 radical (unpaired) electrons. The van der Waals surface area contributed by atoms with Gasteiger partial charge in [0.1, 0.15) is 19.3 Å². The van der Waals surface area contributed by atoms with Gasteiger partial charge in [-0.05, 0) is 12.1 Å². The van der Waals surface area contributed by atoms with E-state index in [4.69, 9.17) is 4.74 Å².